The molecular formula is C12H6ClFN2O5. The SMILES string of the molecule is O=C(O)c1cc(Oc2ccc([N+](=O)[O-])cc2F)ncc1Cl. The smallest absolute Gasteiger partial charge is 0.337 e. The third kappa shape index (κ3) is 3.23. The van der Waals surface area contributed by atoms with Gasteiger partial charge in [0.25, 0.3) is 5.69 Å². The number of non-ortho nitro benzene ring substituents is 1. The maximum absolute atomic E-state index is 13.6. The molecule has 9 heteroatoms. The Kier molecular flexibility index (Phi) is 3.99. The molecule has 1 aromatic carbocycles. The molecule has 0 spiro atoms. The van der Waals surface area contributed by atoms with Crippen molar-refractivity contribution in [3.8, 4) is 11.6 Å². The van der Waals surface area contributed by atoms with Crippen LogP contribution in [-0.4, -0.2) is 21.0 Å². The number of carboxylic acid groups (broad SMARTS) is 1. The van der Waals surface area contributed by atoms with Gasteiger partial charge in [-0.05, 0) is 6.07 Å². The second-order valence-corrected chi connectivity index (χ2v) is 4.19. The van der Waals surface area contributed by atoms with Crippen LogP contribution in [0.25, 0.3) is 0 Å². The number of ether oxygens (including phenoxy) is 1. The van der Waals surface area contributed by atoms with Crippen LogP contribution in [0, 0.1) is 15.9 Å². The quantitative estimate of drug-likeness (QED) is 0.686. The molecule has 0 atom stereocenters. The molecule has 0 fully saturated rings. The monoisotopic (exact) mass is 312 g/mol. The largest absolute Gasteiger partial charge is 0.478 e. The van der Waals surface area contributed by atoms with E-state index >= 15 is 0 Å². The standard InChI is InChI=1S/C12H6ClFN2O5/c13-8-5-15-11(4-7(8)12(17)18)21-10-2-1-6(16(19)20)3-9(10)14/h1-5H,(H,17,18). The van der Waals surface area contributed by atoms with E-state index in [9.17, 15) is 19.3 Å². The molecule has 0 bridgehead atoms. The zero-order valence-electron chi connectivity index (χ0n) is 10.1. The topological polar surface area (TPSA) is 103 Å². The summed E-state index contributed by atoms with van der Waals surface area (Å²) in [4.78, 5) is 24.3. The summed E-state index contributed by atoms with van der Waals surface area (Å²) in [7, 11) is 0. The first-order valence-electron chi connectivity index (χ1n) is 5.39. The zero-order valence-corrected chi connectivity index (χ0v) is 10.9. The minimum absolute atomic E-state index is 0.0981. The summed E-state index contributed by atoms with van der Waals surface area (Å²) < 4.78 is 18.7. The maximum Gasteiger partial charge on any atom is 0.337 e. The first-order chi connectivity index (χ1) is 9.88. The van der Waals surface area contributed by atoms with Gasteiger partial charge in [-0.1, -0.05) is 11.6 Å². The van der Waals surface area contributed by atoms with Crippen molar-refractivity contribution in [3.05, 3.63) is 57.0 Å². The molecule has 0 aliphatic carbocycles. The van der Waals surface area contributed by atoms with Gasteiger partial charge in [0, 0.05) is 12.1 Å². The molecule has 7 nitrogen and oxygen atoms in total. The van der Waals surface area contributed by atoms with Crippen molar-refractivity contribution in [1.29, 1.82) is 0 Å². The molecule has 0 amide bonds. The molecule has 1 N–H and O–H groups in total. The molecule has 2 aromatic rings. The number of nitro benzene ring substituents is 1. The Morgan fingerprint density at radius 3 is 2.71 bits per heavy atom. The first kappa shape index (κ1) is 14.7. The van der Waals surface area contributed by atoms with Gasteiger partial charge in [-0.2, -0.15) is 0 Å². The van der Waals surface area contributed by atoms with E-state index in [0.717, 1.165) is 24.4 Å². The molecule has 0 aliphatic heterocycles. The number of carboxylic acids is 1. The average molecular weight is 313 g/mol. The number of aromatic carboxylic acids is 1. The number of nitrogens with zero attached hydrogens (tertiary/aromatic N) is 2. The van der Waals surface area contributed by atoms with Crippen molar-refractivity contribution in [2.45, 2.75) is 0 Å². The van der Waals surface area contributed by atoms with Crippen molar-refractivity contribution in [2.75, 3.05) is 0 Å². The van der Waals surface area contributed by atoms with E-state index in [-0.39, 0.29) is 22.2 Å². The summed E-state index contributed by atoms with van der Waals surface area (Å²) in [6.07, 6.45) is 1.05. The highest BCUT2D eigenvalue weighted by atomic mass is 35.5. The summed E-state index contributed by atoms with van der Waals surface area (Å²) >= 11 is 5.63. The van der Waals surface area contributed by atoms with Crippen molar-refractivity contribution in [2.24, 2.45) is 0 Å². The number of rotatable bonds is 4. The van der Waals surface area contributed by atoms with Gasteiger partial charge >= 0.3 is 5.97 Å². The highest BCUT2D eigenvalue weighted by molar-refractivity contribution is 6.33. The van der Waals surface area contributed by atoms with E-state index in [1.54, 1.807) is 0 Å². The fourth-order valence-corrected chi connectivity index (χ4v) is 1.62. The lowest BCUT2D eigenvalue weighted by Crippen LogP contribution is -2.00. The van der Waals surface area contributed by atoms with E-state index in [4.69, 9.17) is 21.4 Å². The van der Waals surface area contributed by atoms with Gasteiger partial charge in [0.15, 0.2) is 11.6 Å². The molecule has 1 aromatic heterocycles. The highest BCUT2D eigenvalue weighted by Gasteiger charge is 2.15. The number of hydrogen-bond acceptors (Lipinski definition) is 5. The van der Waals surface area contributed by atoms with Gasteiger partial charge < -0.3 is 9.84 Å². The molecular weight excluding hydrogens is 307 g/mol. The van der Waals surface area contributed by atoms with Crippen LogP contribution >= 0.6 is 11.6 Å². The van der Waals surface area contributed by atoms with E-state index in [1.165, 1.54) is 0 Å². The maximum atomic E-state index is 13.6. The molecule has 0 saturated carbocycles. The molecule has 0 saturated heterocycles. The van der Waals surface area contributed by atoms with Gasteiger partial charge in [0.1, 0.15) is 0 Å². The third-order valence-corrected chi connectivity index (χ3v) is 2.70. The van der Waals surface area contributed by atoms with Crippen LogP contribution < -0.4 is 4.74 Å². The first-order valence-corrected chi connectivity index (χ1v) is 5.77. The number of benzene rings is 1. The molecule has 1 heterocycles. The predicted molar refractivity (Wildman–Crippen MR) is 69.3 cm³/mol. The second kappa shape index (κ2) is 5.71. The predicted octanol–water partition coefficient (Wildman–Crippen LogP) is 3.27. The van der Waals surface area contributed by atoms with Crippen LogP contribution in [0.5, 0.6) is 11.6 Å². The van der Waals surface area contributed by atoms with E-state index in [0.29, 0.717) is 6.07 Å². The molecule has 0 aliphatic rings. The number of hydrogen-bond donors (Lipinski definition) is 1. The Bertz CT molecular complexity index is 738. The fourth-order valence-electron chi connectivity index (χ4n) is 1.44. The number of carbonyl (C=O) groups is 1. The van der Waals surface area contributed by atoms with E-state index < -0.39 is 22.4 Å². The van der Waals surface area contributed by atoms with Crippen LogP contribution in [0.1, 0.15) is 10.4 Å². The number of aromatic nitrogens is 1. The van der Waals surface area contributed by atoms with Crippen molar-refractivity contribution >= 4 is 23.3 Å². The van der Waals surface area contributed by atoms with Crippen LogP contribution in [0.3, 0.4) is 0 Å². The lowest BCUT2D eigenvalue weighted by Gasteiger charge is -2.07. The molecule has 0 unspecified atom stereocenters. The van der Waals surface area contributed by atoms with Gasteiger partial charge in [-0.15, -0.1) is 0 Å². The van der Waals surface area contributed by atoms with Crippen molar-refractivity contribution in [1.82, 2.24) is 4.98 Å². The lowest BCUT2D eigenvalue weighted by molar-refractivity contribution is -0.385. The Balaban J connectivity index is 2.32. The average Bonchev–Trinajstić information content (AvgIpc) is 2.42. The summed E-state index contributed by atoms with van der Waals surface area (Å²) in [5.41, 5.74) is -0.695. The van der Waals surface area contributed by atoms with E-state index in [1.807, 2.05) is 0 Å². The summed E-state index contributed by atoms with van der Waals surface area (Å²) in [6.45, 7) is 0. The minimum atomic E-state index is -1.29. The van der Waals surface area contributed by atoms with Crippen LogP contribution in [0.2, 0.25) is 5.02 Å². The molecule has 2 rings (SSSR count). The molecule has 21 heavy (non-hydrogen) atoms. The van der Waals surface area contributed by atoms with Crippen LogP contribution in [0.4, 0.5) is 10.1 Å². The van der Waals surface area contributed by atoms with E-state index in [2.05, 4.69) is 4.98 Å². The number of halogens is 2. The van der Waals surface area contributed by atoms with Gasteiger partial charge in [-0.3, -0.25) is 10.1 Å². The minimum Gasteiger partial charge on any atom is -0.478 e. The number of nitro groups is 1. The second-order valence-electron chi connectivity index (χ2n) is 3.78. The summed E-state index contributed by atoms with van der Waals surface area (Å²) in [6, 6.07) is 3.80. The highest BCUT2D eigenvalue weighted by Crippen LogP contribution is 2.28. The van der Waals surface area contributed by atoms with Crippen LogP contribution in [-0.2, 0) is 0 Å². The number of pyridine rings is 1. The van der Waals surface area contributed by atoms with Gasteiger partial charge in [-0.25, -0.2) is 14.2 Å². The fraction of sp³-hybridized carbons (Fsp3) is 0. The Hall–Kier alpha value is -2.74. The van der Waals surface area contributed by atoms with Crippen molar-refractivity contribution in [3.63, 3.8) is 0 Å². The normalized spacial score (nSPS) is 10.2. The van der Waals surface area contributed by atoms with Crippen molar-refractivity contribution < 1.29 is 24.0 Å². The molecule has 108 valence electrons. The summed E-state index contributed by atoms with van der Waals surface area (Å²) in [5.74, 6) is -2.80. The Morgan fingerprint density at radius 1 is 1.43 bits per heavy atom. The zero-order chi connectivity index (χ0) is 15.6. The summed E-state index contributed by atoms with van der Waals surface area (Å²) in [5, 5.41) is 19.3. The van der Waals surface area contributed by atoms with Gasteiger partial charge in [0.2, 0.25) is 5.88 Å². The van der Waals surface area contributed by atoms with Crippen LogP contribution in [0.15, 0.2) is 30.5 Å². The Morgan fingerprint density at radius 2 is 2.14 bits per heavy atom. The third-order valence-electron chi connectivity index (χ3n) is 2.40. The Labute approximate surface area is 121 Å². The lowest BCUT2D eigenvalue weighted by atomic mass is 10.2. The van der Waals surface area contributed by atoms with Gasteiger partial charge in [0.05, 0.1) is 27.8 Å². The molecule has 0 radical (unpaired) electrons.